The number of nitrogens with zero attached hydrogens (tertiary/aromatic N) is 3. The third-order valence-corrected chi connectivity index (χ3v) is 6.82. The third kappa shape index (κ3) is 3.16. The molecular weight excluding hydrogens is 356 g/mol. The van der Waals surface area contributed by atoms with Crippen molar-refractivity contribution in [2.45, 2.75) is 6.42 Å². The first kappa shape index (κ1) is 17.3. The van der Waals surface area contributed by atoms with Crippen molar-refractivity contribution in [2.75, 3.05) is 48.0 Å². The molecule has 0 aliphatic carbocycles. The van der Waals surface area contributed by atoms with E-state index in [2.05, 4.69) is 15.3 Å². The number of anilines is 2. The van der Waals surface area contributed by atoms with Crippen molar-refractivity contribution in [2.24, 2.45) is 13.0 Å². The highest BCUT2D eigenvalue weighted by atomic mass is 32.2. The number of fused-ring (bicyclic) bond motifs is 1. The highest BCUT2D eigenvalue weighted by Crippen LogP contribution is 2.33. The number of hydrogen-bond donors (Lipinski definition) is 1. The first-order valence-electron chi connectivity index (χ1n) is 8.74. The van der Waals surface area contributed by atoms with Gasteiger partial charge in [-0.3, -0.25) is 9.48 Å². The quantitative estimate of drug-likeness (QED) is 0.849. The number of amides is 1. The zero-order valence-electron chi connectivity index (χ0n) is 14.6. The number of carbonyl (C=O) groups is 1. The van der Waals surface area contributed by atoms with Crippen molar-refractivity contribution in [3.8, 4) is 0 Å². The van der Waals surface area contributed by atoms with Gasteiger partial charge >= 0.3 is 0 Å². The highest BCUT2D eigenvalue weighted by molar-refractivity contribution is 7.91. The van der Waals surface area contributed by atoms with Crippen LogP contribution in [0.15, 0.2) is 18.2 Å². The number of carbonyl (C=O) groups excluding carboxylic acids is 1. The number of hydrogen-bond acceptors (Lipinski definition) is 6. The van der Waals surface area contributed by atoms with Gasteiger partial charge in [-0.15, -0.1) is 0 Å². The van der Waals surface area contributed by atoms with E-state index < -0.39 is 15.8 Å². The molecule has 2 aliphatic heterocycles. The molecule has 0 radical (unpaired) electrons. The third-order valence-electron chi connectivity index (χ3n) is 5.05. The van der Waals surface area contributed by atoms with E-state index in [4.69, 9.17) is 4.74 Å². The molecule has 140 valence electrons. The number of rotatable bonds is 3. The minimum absolute atomic E-state index is 0.0765. The molecule has 2 fully saturated rings. The zero-order valence-corrected chi connectivity index (χ0v) is 15.5. The van der Waals surface area contributed by atoms with Gasteiger partial charge in [-0.1, -0.05) is 6.07 Å². The van der Waals surface area contributed by atoms with E-state index in [-0.39, 0.29) is 17.4 Å². The Morgan fingerprint density at radius 1 is 1.31 bits per heavy atom. The lowest BCUT2D eigenvalue weighted by molar-refractivity contribution is -0.119. The average molecular weight is 378 g/mol. The summed E-state index contributed by atoms with van der Waals surface area (Å²) in [5.74, 6) is -0.304. The Morgan fingerprint density at radius 3 is 2.77 bits per heavy atom. The van der Waals surface area contributed by atoms with Crippen molar-refractivity contribution in [1.29, 1.82) is 0 Å². The number of morpholine rings is 1. The molecule has 0 spiro atoms. The summed E-state index contributed by atoms with van der Waals surface area (Å²) in [4.78, 5) is 14.8. The zero-order chi connectivity index (χ0) is 18.3. The van der Waals surface area contributed by atoms with Crippen LogP contribution in [0.2, 0.25) is 0 Å². The van der Waals surface area contributed by atoms with E-state index in [9.17, 15) is 13.2 Å². The van der Waals surface area contributed by atoms with Crippen LogP contribution >= 0.6 is 0 Å². The van der Waals surface area contributed by atoms with Gasteiger partial charge in [-0.2, -0.15) is 5.10 Å². The monoisotopic (exact) mass is 378 g/mol. The molecule has 1 atom stereocenters. The molecule has 2 aromatic rings. The van der Waals surface area contributed by atoms with Crippen molar-refractivity contribution < 1.29 is 17.9 Å². The summed E-state index contributed by atoms with van der Waals surface area (Å²) >= 11 is 0. The van der Waals surface area contributed by atoms with Gasteiger partial charge in [0.2, 0.25) is 5.91 Å². The number of nitrogens with one attached hydrogen (secondary N) is 1. The van der Waals surface area contributed by atoms with E-state index >= 15 is 0 Å². The van der Waals surface area contributed by atoms with E-state index in [1.165, 1.54) is 0 Å². The van der Waals surface area contributed by atoms with Crippen LogP contribution in [0.4, 0.5) is 11.5 Å². The van der Waals surface area contributed by atoms with Crippen LogP contribution in [0.25, 0.3) is 10.9 Å². The van der Waals surface area contributed by atoms with Gasteiger partial charge in [0.15, 0.2) is 15.7 Å². The molecule has 0 saturated carbocycles. The molecule has 2 aliphatic rings. The molecule has 9 heteroatoms. The smallest absolute Gasteiger partial charge is 0.229 e. The van der Waals surface area contributed by atoms with Crippen LogP contribution in [0.5, 0.6) is 0 Å². The van der Waals surface area contributed by atoms with Crippen LogP contribution < -0.4 is 10.2 Å². The second-order valence-corrected chi connectivity index (χ2v) is 9.06. The molecule has 8 nitrogen and oxygen atoms in total. The van der Waals surface area contributed by atoms with E-state index in [1.807, 2.05) is 25.2 Å². The SMILES string of the molecule is Cn1nc(NC(=O)C2CCS(=O)(=O)C2)c2c(N3CCOCC3)cccc21. The van der Waals surface area contributed by atoms with Crippen LogP contribution in [0, 0.1) is 5.92 Å². The summed E-state index contributed by atoms with van der Waals surface area (Å²) < 4.78 is 30.5. The Labute approximate surface area is 152 Å². The molecule has 0 bridgehead atoms. The Hall–Kier alpha value is -2.13. The molecule has 1 N–H and O–H groups in total. The Balaban J connectivity index is 1.67. The van der Waals surface area contributed by atoms with E-state index in [1.54, 1.807) is 4.68 Å². The van der Waals surface area contributed by atoms with Crippen molar-refractivity contribution in [3.05, 3.63) is 18.2 Å². The fourth-order valence-corrected chi connectivity index (χ4v) is 5.41. The minimum Gasteiger partial charge on any atom is -0.378 e. The summed E-state index contributed by atoms with van der Waals surface area (Å²) in [6, 6.07) is 5.96. The fraction of sp³-hybridized carbons (Fsp3) is 0.529. The summed E-state index contributed by atoms with van der Waals surface area (Å²) in [6.07, 6.45) is 0.370. The van der Waals surface area contributed by atoms with E-state index in [0.29, 0.717) is 25.5 Å². The first-order chi connectivity index (χ1) is 12.4. The van der Waals surface area contributed by atoms with Gasteiger partial charge in [-0.25, -0.2) is 8.42 Å². The summed E-state index contributed by atoms with van der Waals surface area (Å²) in [6.45, 7) is 2.89. The van der Waals surface area contributed by atoms with Crippen molar-refractivity contribution in [1.82, 2.24) is 9.78 Å². The van der Waals surface area contributed by atoms with Crippen LogP contribution in [0.3, 0.4) is 0 Å². The highest BCUT2D eigenvalue weighted by Gasteiger charge is 2.33. The lowest BCUT2D eigenvalue weighted by atomic mass is 10.1. The molecule has 1 aromatic heterocycles. The molecule has 4 rings (SSSR count). The van der Waals surface area contributed by atoms with Crippen LogP contribution in [-0.2, 0) is 26.4 Å². The van der Waals surface area contributed by atoms with Gasteiger partial charge < -0.3 is 15.0 Å². The van der Waals surface area contributed by atoms with Crippen molar-refractivity contribution in [3.63, 3.8) is 0 Å². The Morgan fingerprint density at radius 2 is 2.08 bits per heavy atom. The molecule has 3 heterocycles. The van der Waals surface area contributed by atoms with Crippen molar-refractivity contribution >= 4 is 38.2 Å². The normalized spacial score (nSPS) is 22.7. The second kappa shape index (κ2) is 6.55. The van der Waals surface area contributed by atoms with E-state index in [0.717, 1.165) is 29.7 Å². The first-order valence-corrected chi connectivity index (χ1v) is 10.6. The summed E-state index contributed by atoms with van der Waals surface area (Å²) in [7, 11) is -1.27. The van der Waals surface area contributed by atoms with Crippen LogP contribution in [-0.4, -0.2) is 61.9 Å². The minimum atomic E-state index is -3.10. The maximum Gasteiger partial charge on any atom is 0.229 e. The number of aryl methyl sites for hydroxylation is 1. The fourth-order valence-electron chi connectivity index (χ4n) is 3.67. The number of aromatic nitrogens is 2. The lowest BCUT2D eigenvalue weighted by Crippen LogP contribution is -2.36. The predicted molar refractivity (Wildman–Crippen MR) is 99.1 cm³/mol. The second-order valence-electron chi connectivity index (χ2n) is 6.83. The number of ether oxygens (including phenoxy) is 1. The average Bonchev–Trinajstić information content (AvgIpc) is 3.15. The Kier molecular flexibility index (Phi) is 4.36. The molecular formula is C17H22N4O4S. The predicted octanol–water partition coefficient (Wildman–Crippen LogP) is 0.783. The molecule has 2 saturated heterocycles. The maximum absolute atomic E-state index is 12.6. The van der Waals surface area contributed by atoms with Gasteiger partial charge in [-0.05, 0) is 18.6 Å². The van der Waals surface area contributed by atoms with Gasteiger partial charge in [0.05, 0.1) is 47.2 Å². The van der Waals surface area contributed by atoms with Gasteiger partial charge in [0.25, 0.3) is 0 Å². The standard InChI is InChI=1S/C17H22N4O4S/c1-20-13-3-2-4-14(21-6-8-25-9-7-21)15(13)16(19-20)18-17(22)12-5-10-26(23,24)11-12/h2-4,12H,5-11H2,1H3,(H,18,19,22). The summed E-state index contributed by atoms with van der Waals surface area (Å²) in [5.41, 5.74) is 1.93. The number of benzene rings is 1. The summed E-state index contributed by atoms with van der Waals surface area (Å²) in [5, 5.41) is 8.22. The molecule has 1 amide bonds. The van der Waals surface area contributed by atoms with Gasteiger partial charge in [0.1, 0.15) is 0 Å². The molecule has 26 heavy (non-hydrogen) atoms. The Bertz CT molecular complexity index is 947. The van der Waals surface area contributed by atoms with Crippen LogP contribution in [0.1, 0.15) is 6.42 Å². The lowest BCUT2D eigenvalue weighted by Gasteiger charge is -2.29. The van der Waals surface area contributed by atoms with Gasteiger partial charge in [0, 0.05) is 20.1 Å². The topological polar surface area (TPSA) is 93.5 Å². The largest absolute Gasteiger partial charge is 0.378 e. The maximum atomic E-state index is 12.6. The molecule has 1 aromatic carbocycles. The molecule has 1 unspecified atom stereocenters. The number of sulfone groups is 1.